The Morgan fingerprint density at radius 2 is 1.35 bits per heavy atom. The lowest BCUT2D eigenvalue weighted by Crippen LogP contribution is -2.31. The van der Waals surface area contributed by atoms with Crippen LogP contribution >= 0.6 is 0 Å². The molecule has 0 aromatic carbocycles. The van der Waals surface area contributed by atoms with Gasteiger partial charge in [-0.3, -0.25) is 0 Å². The van der Waals surface area contributed by atoms with Crippen molar-refractivity contribution in [2.24, 2.45) is 41.4 Å². The van der Waals surface area contributed by atoms with Crippen LogP contribution in [0, 0.1) is 41.4 Å². The molecule has 17 heavy (non-hydrogen) atoms. The lowest BCUT2D eigenvalue weighted by Gasteiger charge is -2.36. The summed E-state index contributed by atoms with van der Waals surface area (Å²) in [5, 5.41) is 0. The first-order valence-electron chi connectivity index (χ1n) is 8.00. The molecule has 1 nitrogen and oxygen atoms in total. The maximum atomic E-state index is 5.62. The van der Waals surface area contributed by atoms with Crippen LogP contribution in [0.5, 0.6) is 0 Å². The Bertz CT molecular complexity index is 334. The Kier molecular flexibility index (Phi) is 1.90. The molecule has 0 aromatic rings. The van der Waals surface area contributed by atoms with Gasteiger partial charge in [-0.2, -0.15) is 0 Å². The smallest absolute Gasteiger partial charge is 0.0840 e. The van der Waals surface area contributed by atoms with E-state index in [-0.39, 0.29) is 0 Å². The maximum Gasteiger partial charge on any atom is 0.0840 e. The van der Waals surface area contributed by atoms with Crippen LogP contribution < -0.4 is 0 Å². The minimum atomic E-state index is 0.700. The molecule has 4 aliphatic carbocycles. The van der Waals surface area contributed by atoms with Crippen molar-refractivity contribution < 1.29 is 4.74 Å². The molecular formula is C16H24O. The number of epoxide rings is 1. The van der Waals surface area contributed by atoms with Crippen LogP contribution in [0.4, 0.5) is 0 Å². The van der Waals surface area contributed by atoms with Gasteiger partial charge in [0.25, 0.3) is 0 Å². The second-order valence-corrected chi connectivity index (χ2v) is 7.78. The Balaban J connectivity index is 1.38. The van der Waals surface area contributed by atoms with Gasteiger partial charge in [-0.15, -0.1) is 0 Å². The number of hydrogen-bond acceptors (Lipinski definition) is 1. The van der Waals surface area contributed by atoms with Crippen LogP contribution in [0.3, 0.4) is 0 Å². The topological polar surface area (TPSA) is 12.5 Å². The summed E-state index contributed by atoms with van der Waals surface area (Å²) in [5.74, 6) is 7.71. The number of ether oxygens (including phenoxy) is 1. The van der Waals surface area contributed by atoms with E-state index in [1.807, 2.05) is 0 Å². The van der Waals surface area contributed by atoms with Crippen LogP contribution in [0.1, 0.15) is 44.9 Å². The normalized spacial score (nSPS) is 63.5. The number of hydrogen-bond donors (Lipinski definition) is 0. The maximum absolute atomic E-state index is 5.62. The van der Waals surface area contributed by atoms with E-state index in [2.05, 4.69) is 0 Å². The Hall–Kier alpha value is -0.0400. The van der Waals surface area contributed by atoms with Crippen molar-refractivity contribution in [3.05, 3.63) is 0 Å². The zero-order valence-electron chi connectivity index (χ0n) is 10.7. The third kappa shape index (κ3) is 1.35. The minimum absolute atomic E-state index is 0.700. The highest BCUT2D eigenvalue weighted by atomic mass is 16.6. The molecule has 0 aromatic heterocycles. The zero-order chi connectivity index (χ0) is 11.0. The highest BCUT2D eigenvalue weighted by molar-refractivity contribution is 5.05. The van der Waals surface area contributed by atoms with Gasteiger partial charge < -0.3 is 4.74 Å². The third-order valence-corrected chi connectivity index (χ3v) is 7.10. The van der Waals surface area contributed by atoms with Crippen molar-refractivity contribution in [3.8, 4) is 0 Å². The lowest BCUT2D eigenvalue weighted by atomic mass is 9.68. The van der Waals surface area contributed by atoms with Crippen LogP contribution in [0.2, 0.25) is 0 Å². The average molecular weight is 232 g/mol. The van der Waals surface area contributed by atoms with Crippen molar-refractivity contribution in [1.29, 1.82) is 0 Å². The van der Waals surface area contributed by atoms with Crippen molar-refractivity contribution in [3.63, 3.8) is 0 Å². The Labute approximate surface area is 104 Å². The predicted octanol–water partition coefficient (Wildman–Crippen LogP) is 3.48. The second-order valence-electron chi connectivity index (χ2n) is 7.78. The first-order valence-corrected chi connectivity index (χ1v) is 8.00. The minimum Gasteiger partial charge on any atom is -0.373 e. The molecule has 5 aliphatic rings. The summed E-state index contributed by atoms with van der Waals surface area (Å²) >= 11 is 0. The molecule has 5 fully saturated rings. The van der Waals surface area contributed by atoms with Gasteiger partial charge in [-0.1, -0.05) is 6.42 Å². The van der Waals surface area contributed by atoms with Crippen LogP contribution in [-0.2, 0) is 4.74 Å². The fraction of sp³-hybridized carbons (Fsp3) is 1.00. The van der Waals surface area contributed by atoms with E-state index in [0.717, 1.165) is 48.0 Å². The largest absolute Gasteiger partial charge is 0.373 e. The van der Waals surface area contributed by atoms with Gasteiger partial charge in [0.1, 0.15) is 0 Å². The summed E-state index contributed by atoms with van der Waals surface area (Å²) < 4.78 is 5.62. The van der Waals surface area contributed by atoms with E-state index in [4.69, 9.17) is 4.74 Å². The van der Waals surface area contributed by atoms with Gasteiger partial charge in [0.15, 0.2) is 0 Å². The quantitative estimate of drug-likeness (QED) is 0.664. The van der Waals surface area contributed by atoms with Crippen molar-refractivity contribution >= 4 is 0 Å². The average Bonchev–Trinajstić information content (AvgIpc) is 2.78. The molecule has 1 aliphatic heterocycles. The molecule has 4 bridgehead atoms. The van der Waals surface area contributed by atoms with Gasteiger partial charge in [-0.05, 0) is 80.0 Å². The molecule has 5 rings (SSSR count). The van der Waals surface area contributed by atoms with Crippen molar-refractivity contribution in [2.75, 3.05) is 6.61 Å². The molecule has 1 heteroatoms. The summed E-state index contributed by atoms with van der Waals surface area (Å²) in [6.07, 6.45) is 11.7. The summed E-state index contributed by atoms with van der Waals surface area (Å²) in [4.78, 5) is 0. The predicted molar refractivity (Wildman–Crippen MR) is 66.5 cm³/mol. The second kappa shape index (κ2) is 3.29. The standard InChI is InChI=1S/C16H24O/c1-2-11-3-9(1)4-12(11)13-5-10-6-14(13)15(7-10)16-8-17-16/h9-16H,1-8H2. The molecule has 8 unspecified atom stereocenters. The Morgan fingerprint density at radius 1 is 0.647 bits per heavy atom. The van der Waals surface area contributed by atoms with Crippen LogP contribution in [0.15, 0.2) is 0 Å². The Morgan fingerprint density at radius 3 is 1.94 bits per heavy atom. The molecule has 94 valence electrons. The first-order chi connectivity index (χ1) is 8.38. The molecule has 0 amide bonds. The van der Waals surface area contributed by atoms with E-state index in [9.17, 15) is 0 Å². The monoisotopic (exact) mass is 232 g/mol. The summed E-state index contributed by atoms with van der Waals surface area (Å²) in [6.45, 7) is 1.09. The van der Waals surface area contributed by atoms with Crippen molar-refractivity contribution in [1.82, 2.24) is 0 Å². The highest BCUT2D eigenvalue weighted by Gasteiger charge is 2.56. The third-order valence-electron chi connectivity index (χ3n) is 7.10. The van der Waals surface area contributed by atoms with E-state index in [0.29, 0.717) is 6.10 Å². The lowest BCUT2D eigenvalue weighted by molar-refractivity contribution is 0.110. The van der Waals surface area contributed by atoms with E-state index in [1.54, 1.807) is 38.5 Å². The molecule has 4 saturated carbocycles. The van der Waals surface area contributed by atoms with E-state index in [1.165, 1.54) is 6.42 Å². The molecule has 0 radical (unpaired) electrons. The summed E-state index contributed by atoms with van der Waals surface area (Å²) in [6, 6.07) is 0. The fourth-order valence-electron chi connectivity index (χ4n) is 6.50. The van der Waals surface area contributed by atoms with Crippen LogP contribution in [0.25, 0.3) is 0 Å². The van der Waals surface area contributed by atoms with Gasteiger partial charge >= 0.3 is 0 Å². The van der Waals surface area contributed by atoms with Gasteiger partial charge in [-0.25, -0.2) is 0 Å². The number of rotatable bonds is 2. The first kappa shape index (κ1) is 9.83. The van der Waals surface area contributed by atoms with Crippen molar-refractivity contribution in [2.45, 2.75) is 51.0 Å². The molecule has 1 saturated heterocycles. The molecule has 0 N–H and O–H groups in total. The fourth-order valence-corrected chi connectivity index (χ4v) is 6.50. The molecule has 8 atom stereocenters. The molecule has 0 spiro atoms. The van der Waals surface area contributed by atoms with E-state index >= 15 is 0 Å². The summed E-state index contributed by atoms with van der Waals surface area (Å²) in [5.41, 5.74) is 0. The molecular weight excluding hydrogens is 208 g/mol. The number of fused-ring (bicyclic) bond motifs is 4. The highest BCUT2D eigenvalue weighted by Crippen LogP contribution is 2.62. The van der Waals surface area contributed by atoms with Gasteiger partial charge in [0.05, 0.1) is 12.7 Å². The van der Waals surface area contributed by atoms with Gasteiger partial charge in [0.2, 0.25) is 0 Å². The zero-order valence-corrected chi connectivity index (χ0v) is 10.7. The summed E-state index contributed by atoms with van der Waals surface area (Å²) in [7, 11) is 0. The van der Waals surface area contributed by atoms with Crippen LogP contribution in [-0.4, -0.2) is 12.7 Å². The van der Waals surface area contributed by atoms with Gasteiger partial charge in [0, 0.05) is 0 Å². The molecule has 1 heterocycles. The van der Waals surface area contributed by atoms with E-state index < -0.39 is 0 Å². The SMILES string of the molecule is C1CC2CC1CC2C1CC2CC(C3CO3)C1C2.